The van der Waals surface area contributed by atoms with Crippen LogP contribution in [-0.2, 0) is 21.1 Å². The Balaban J connectivity index is 1.52. The number of benzene rings is 3. The molecule has 3 aliphatic rings. The van der Waals surface area contributed by atoms with E-state index in [1.54, 1.807) is 44.6 Å². The fraction of sp³-hybridized carbons (Fsp3) is 0.419. The van der Waals surface area contributed by atoms with Crippen molar-refractivity contribution < 1.29 is 26.8 Å². The highest BCUT2D eigenvalue weighted by molar-refractivity contribution is 7.87. The zero-order chi connectivity index (χ0) is 26.5. The predicted octanol–water partition coefficient (Wildman–Crippen LogP) is 6.68. The largest absolute Gasteiger partial charge is 0.497 e. The Morgan fingerprint density at radius 2 is 1.47 bits per heavy atom. The van der Waals surface area contributed by atoms with E-state index in [4.69, 9.17) is 18.4 Å². The van der Waals surface area contributed by atoms with E-state index in [2.05, 4.69) is 6.07 Å². The molecular formula is C31H34O6S. The molecule has 0 aromatic heterocycles. The Bertz CT molecular complexity index is 1460. The van der Waals surface area contributed by atoms with Crippen molar-refractivity contribution in [2.45, 2.75) is 67.8 Å². The summed E-state index contributed by atoms with van der Waals surface area (Å²) in [4.78, 5) is 0.115. The summed E-state index contributed by atoms with van der Waals surface area (Å²) in [5.74, 6) is 2.57. The highest BCUT2D eigenvalue weighted by Gasteiger charge is 2.62. The topological polar surface area (TPSA) is 71.1 Å². The molecule has 3 aromatic carbocycles. The quantitative estimate of drug-likeness (QED) is 0.329. The lowest BCUT2D eigenvalue weighted by atomic mass is 9.60. The first kappa shape index (κ1) is 25.1. The van der Waals surface area contributed by atoms with Gasteiger partial charge in [0.1, 0.15) is 27.7 Å². The highest BCUT2D eigenvalue weighted by atomic mass is 32.2. The molecular weight excluding hydrogens is 500 g/mol. The summed E-state index contributed by atoms with van der Waals surface area (Å²) < 4.78 is 50.9. The lowest BCUT2D eigenvalue weighted by Crippen LogP contribution is -2.51. The second-order valence-electron chi connectivity index (χ2n) is 10.9. The number of fused-ring (bicyclic) bond motifs is 4. The zero-order valence-electron chi connectivity index (χ0n) is 22.2. The van der Waals surface area contributed by atoms with Gasteiger partial charge in [-0.2, -0.15) is 8.42 Å². The molecule has 200 valence electrons. The predicted molar refractivity (Wildman–Crippen MR) is 145 cm³/mol. The molecule has 6 nitrogen and oxygen atoms in total. The van der Waals surface area contributed by atoms with Gasteiger partial charge in [0.25, 0.3) is 0 Å². The summed E-state index contributed by atoms with van der Waals surface area (Å²) in [6, 6.07) is 18.4. The van der Waals surface area contributed by atoms with E-state index < -0.39 is 15.7 Å². The second-order valence-corrected chi connectivity index (χ2v) is 12.4. The second kappa shape index (κ2) is 9.23. The molecule has 6 rings (SSSR count). The van der Waals surface area contributed by atoms with Gasteiger partial charge in [-0.15, -0.1) is 0 Å². The molecule has 2 unspecified atom stereocenters. The average Bonchev–Trinajstić information content (AvgIpc) is 3.57. The summed E-state index contributed by atoms with van der Waals surface area (Å²) in [6.45, 7) is 1.92. The third kappa shape index (κ3) is 3.85. The highest BCUT2D eigenvalue weighted by Crippen LogP contribution is 2.66. The summed E-state index contributed by atoms with van der Waals surface area (Å²) >= 11 is 0. The van der Waals surface area contributed by atoms with Crippen LogP contribution in [0.4, 0.5) is 0 Å². The number of aryl methyl sites for hydroxylation is 1. The number of methoxy groups -OCH3 is 2. The SMILES string of the molecule is COc1ccc2c(c1)OC1(c3ccc(OC)cc3OS(=O)(=O)c3ccc(C)cc3)CCCC1C21CCCC1. The third-order valence-electron chi connectivity index (χ3n) is 8.94. The summed E-state index contributed by atoms with van der Waals surface area (Å²) in [5, 5.41) is 0. The maximum Gasteiger partial charge on any atom is 0.339 e. The van der Waals surface area contributed by atoms with E-state index in [0.717, 1.165) is 54.7 Å². The van der Waals surface area contributed by atoms with Crippen molar-refractivity contribution in [1.82, 2.24) is 0 Å². The van der Waals surface area contributed by atoms with Crippen LogP contribution in [0, 0.1) is 12.8 Å². The van der Waals surface area contributed by atoms with Crippen molar-refractivity contribution in [1.29, 1.82) is 0 Å². The van der Waals surface area contributed by atoms with Crippen molar-refractivity contribution in [2.24, 2.45) is 5.92 Å². The maximum absolute atomic E-state index is 13.4. The van der Waals surface area contributed by atoms with Gasteiger partial charge in [-0.3, -0.25) is 0 Å². The molecule has 0 N–H and O–H groups in total. The lowest BCUT2D eigenvalue weighted by molar-refractivity contribution is -0.0360. The maximum atomic E-state index is 13.4. The molecule has 1 spiro atoms. The molecule has 0 amide bonds. The summed E-state index contributed by atoms with van der Waals surface area (Å²) in [7, 11) is -0.849. The monoisotopic (exact) mass is 534 g/mol. The minimum atomic E-state index is -4.08. The lowest BCUT2D eigenvalue weighted by Gasteiger charge is -2.51. The van der Waals surface area contributed by atoms with Gasteiger partial charge in [-0.05, 0) is 69.4 Å². The molecule has 0 bridgehead atoms. The molecule has 0 saturated heterocycles. The van der Waals surface area contributed by atoms with Crippen molar-refractivity contribution in [3.8, 4) is 23.0 Å². The number of hydrogen-bond acceptors (Lipinski definition) is 6. The Kier molecular flexibility index (Phi) is 6.10. The van der Waals surface area contributed by atoms with Gasteiger partial charge in [-0.25, -0.2) is 0 Å². The molecule has 2 atom stereocenters. The normalized spacial score (nSPS) is 23.4. The fourth-order valence-electron chi connectivity index (χ4n) is 7.25. The molecule has 2 fully saturated rings. The van der Waals surface area contributed by atoms with Gasteiger partial charge >= 0.3 is 10.1 Å². The van der Waals surface area contributed by atoms with Crippen molar-refractivity contribution in [2.75, 3.05) is 14.2 Å². The Morgan fingerprint density at radius 1 is 0.816 bits per heavy atom. The van der Waals surface area contributed by atoms with Gasteiger partial charge in [0.05, 0.1) is 14.2 Å². The Morgan fingerprint density at radius 3 is 2.16 bits per heavy atom. The van der Waals surface area contributed by atoms with Crippen molar-refractivity contribution >= 4 is 10.1 Å². The van der Waals surface area contributed by atoms with Crippen molar-refractivity contribution in [3.05, 3.63) is 77.4 Å². The molecule has 0 radical (unpaired) electrons. The van der Waals surface area contributed by atoms with E-state index in [1.165, 1.54) is 18.4 Å². The Labute approximate surface area is 225 Å². The van der Waals surface area contributed by atoms with Crippen LogP contribution in [0.2, 0.25) is 0 Å². The van der Waals surface area contributed by atoms with Gasteiger partial charge in [0.15, 0.2) is 5.75 Å². The van der Waals surface area contributed by atoms with Gasteiger partial charge in [-0.1, -0.05) is 36.6 Å². The molecule has 2 saturated carbocycles. The van der Waals surface area contributed by atoms with Gasteiger partial charge < -0.3 is 18.4 Å². The van der Waals surface area contributed by atoms with E-state index in [9.17, 15) is 8.42 Å². The molecule has 3 aromatic rings. The first-order chi connectivity index (χ1) is 18.3. The zero-order valence-corrected chi connectivity index (χ0v) is 23.0. The van der Waals surface area contributed by atoms with Gasteiger partial charge in [0.2, 0.25) is 0 Å². The number of rotatable bonds is 6. The minimum absolute atomic E-state index is 0.0244. The van der Waals surface area contributed by atoms with E-state index in [0.29, 0.717) is 5.75 Å². The minimum Gasteiger partial charge on any atom is -0.497 e. The van der Waals surface area contributed by atoms with Gasteiger partial charge in [0, 0.05) is 34.6 Å². The first-order valence-electron chi connectivity index (χ1n) is 13.4. The van der Waals surface area contributed by atoms with E-state index >= 15 is 0 Å². The Hall–Kier alpha value is -3.19. The summed E-state index contributed by atoms with van der Waals surface area (Å²) in [6.07, 6.45) is 7.32. The van der Waals surface area contributed by atoms with Crippen LogP contribution >= 0.6 is 0 Å². The number of ether oxygens (including phenoxy) is 3. The van der Waals surface area contributed by atoms with Crippen LogP contribution in [0.1, 0.15) is 61.6 Å². The summed E-state index contributed by atoms with van der Waals surface area (Å²) in [5.41, 5.74) is 2.25. The smallest absolute Gasteiger partial charge is 0.339 e. The van der Waals surface area contributed by atoms with Crippen LogP contribution in [0.5, 0.6) is 23.0 Å². The standard InChI is InChI=1S/C31H34O6S/c1-21-8-12-24(13-9-21)38(32,33)37-28-20-23(35-3)11-15-26(28)31-18-6-7-29(31)30(16-4-5-17-30)25-14-10-22(34-2)19-27(25)36-31/h8-15,19-20,29H,4-7,16-18H2,1-3H3. The van der Waals surface area contributed by atoms with Crippen LogP contribution in [0.15, 0.2) is 65.6 Å². The van der Waals surface area contributed by atoms with Crippen LogP contribution in [0.25, 0.3) is 0 Å². The van der Waals surface area contributed by atoms with Crippen LogP contribution in [0.3, 0.4) is 0 Å². The fourth-order valence-corrected chi connectivity index (χ4v) is 8.19. The average molecular weight is 535 g/mol. The molecule has 1 heterocycles. The molecule has 7 heteroatoms. The molecule has 38 heavy (non-hydrogen) atoms. The number of hydrogen-bond donors (Lipinski definition) is 0. The third-order valence-corrected chi connectivity index (χ3v) is 10.2. The van der Waals surface area contributed by atoms with E-state index in [-0.39, 0.29) is 22.0 Å². The van der Waals surface area contributed by atoms with Crippen molar-refractivity contribution in [3.63, 3.8) is 0 Å². The van der Waals surface area contributed by atoms with E-state index in [1.807, 2.05) is 31.2 Å². The van der Waals surface area contributed by atoms with Crippen LogP contribution in [-0.4, -0.2) is 22.6 Å². The molecule has 2 aliphatic carbocycles. The first-order valence-corrected chi connectivity index (χ1v) is 14.8. The molecule has 1 aliphatic heterocycles. The van der Waals surface area contributed by atoms with Crippen LogP contribution < -0.4 is 18.4 Å².